The van der Waals surface area contributed by atoms with E-state index in [1.165, 1.54) is 0 Å². The molecule has 116 valence electrons. The molecule has 0 atom stereocenters. The van der Waals surface area contributed by atoms with Gasteiger partial charge in [-0.25, -0.2) is 0 Å². The number of pyridine rings is 1. The van der Waals surface area contributed by atoms with Gasteiger partial charge in [0.15, 0.2) is 0 Å². The topological polar surface area (TPSA) is 56.1 Å². The quantitative estimate of drug-likeness (QED) is 0.803. The smallest absolute Gasteiger partial charge is 0.272 e. The number of hydrogen-bond donors (Lipinski definition) is 1. The van der Waals surface area contributed by atoms with E-state index in [9.17, 15) is 4.79 Å². The third-order valence-corrected chi connectivity index (χ3v) is 3.57. The number of methoxy groups -OCH3 is 1. The Labute approximate surface area is 134 Å². The first-order valence-electron chi connectivity index (χ1n) is 7.24. The number of nitrogens with one attached hydrogen (secondary N) is 1. The molecule has 0 saturated heterocycles. The Balaban J connectivity index is 1.86. The van der Waals surface area contributed by atoms with Crippen LogP contribution < -0.4 is 10.1 Å². The van der Waals surface area contributed by atoms with Gasteiger partial charge in [-0.2, -0.15) is 0 Å². The van der Waals surface area contributed by atoms with Gasteiger partial charge in [-0.05, 0) is 55.5 Å². The largest absolute Gasteiger partial charge is 0.497 e. The second-order valence-electron chi connectivity index (χ2n) is 5.05. The summed E-state index contributed by atoms with van der Waals surface area (Å²) in [6, 6.07) is 14.6. The van der Waals surface area contributed by atoms with Gasteiger partial charge < -0.3 is 14.6 Å². The summed E-state index contributed by atoms with van der Waals surface area (Å²) in [6.07, 6.45) is 3.59. The third-order valence-electron chi connectivity index (χ3n) is 3.57. The monoisotopic (exact) mass is 307 g/mol. The molecule has 2 heterocycles. The van der Waals surface area contributed by atoms with Crippen LogP contribution in [0.25, 0.3) is 5.69 Å². The van der Waals surface area contributed by atoms with Gasteiger partial charge in [0, 0.05) is 18.1 Å². The number of ether oxygens (including phenoxy) is 1. The summed E-state index contributed by atoms with van der Waals surface area (Å²) < 4.78 is 6.95. The number of carbonyl (C=O) groups is 1. The molecule has 0 aliphatic rings. The van der Waals surface area contributed by atoms with E-state index in [0.717, 1.165) is 17.1 Å². The predicted octanol–water partition coefficient (Wildman–Crippen LogP) is 3.44. The second kappa shape index (κ2) is 6.36. The number of anilines is 1. The Bertz CT molecular complexity index is 822. The van der Waals surface area contributed by atoms with Crippen molar-refractivity contribution < 1.29 is 9.53 Å². The van der Waals surface area contributed by atoms with Crippen LogP contribution in [0.2, 0.25) is 0 Å². The van der Waals surface area contributed by atoms with Crippen molar-refractivity contribution in [2.75, 3.05) is 12.4 Å². The maximum atomic E-state index is 12.6. The molecular formula is C18H17N3O2. The average Bonchev–Trinajstić information content (AvgIpc) is 3.05. The maximum Gasteiger partial charge on any atom is 0.272 e. The highest BCUT2D eigenvalue weighted by Gasteiger charge is 2.13. The Hall–Kier alpha value is -3.08. The number of hydrogen-bond acceptors (Lipinski definition) is 3. The molecule has 2 aromatic heterocycles. The molecule has 0 aliphatic heterocycles. The molecule has 5 heteroatoms. The molecule has 0 fully saturated rings. The van der Waals surface area contributed by atoms with Crippen molar-refractivity contribution in [2.45, 2.75) is 6.92 Å². The molecule has 0 unspecified atom stereocenters. The van der Waals surface area contributed by atoms with E-state index >= 15 is 0 Å². The lowest BCUT2D eigenvalue weighted by atomic mass is 10.2. The molecule has 0 saturated carbocycles. The Kier molecular flexibility index (Phi) is 4.10. The first-order chi connectivity index (χ1) is 11.2. The van der Waals surface area contributed by atoms with Gasteiger partial charge in [0.1, 0.15) is 11.4 Å². The summed E-state index contributed by atoms with van der Waals surface area (Å²) >= 11 is 0. The van der Waals surface area contributed by atoms with Gasteiger partial charge in [-0.15, -0.1) is 0 Å². The lowest BCUT2D eigenvalue weighted by molar-refractivity contribution is 0.102. The third kappa shape index (κ3) is 3.08. The van der Waals surface area contributed by atoms with Crippen LogP contribution in [0.4, 0.5) is 5.69 Å². The summed E-state index contributed by atoms with van der Waals surface area (Å²) in [5.41, 5.74) is 3.02. The normalized spacial score (nSPS) is 10.3. The molecule has 0 spiro atoms. The molecule has 1 aromatic carbocycles. The van der Waals surface area contributed by atoms with Gasteiger partial charge in [0.25, 0.3) is 5.91 Å². The lowest BCUT2D eigenvalue weighted by Crippen LogP contribution is -2.16. The summed E-state index contributed by atoms with van der Waals surface area (Å²) in [7, 11) is 1.61. The molecule has 0 bridgehead atoms. The molecule has 5 nitrogen and oxygen atoms in total. The van der Waals surface area contributed by atoms with Crippen molar-refractivity contribution in [3.63, 3.8) is 0 Å². The van der Waals surface area contributed by atoms with Crippen molar-refractivity contribution in [1.29, 1.82) is 0 Å². The van der Waals surface area contributed by atoms with E-state index in [-0.39, 0.29) is 5.91 Å². The number of amides is 1. The zero-order valence-electron chi connectivity index (χ0n) is 13.0. The highest BCUT2D eigenvalue weighted by molar-refractivity contribution is 6.03. The van der Waals surface area contributed by atoms with Gasteiger partial charge in [0.2, 0.25) is 0 Å². The molecule has 3 rings (SSSR count). The Morgan fingerprint density at radius 3 is 2.61 bits per heavy atom. The van der Waals surface area contributed by atoms with Crippen molar-refractivity contribution in [1.82, 2.24) is 9.55 Å². The highest BCUT2D eigenvalue weighted by atomic mass is 16.5. The average molecular weight is 307 g/mol. The van der Waals surface area contributed by atoms with Crippen LogP contribution in [0.1, 0.15) is 16.2 Å². The molecule has 3 aromatic rings. The number of aromatic nitrogens is 2. The molecule has 0 radical (unpaired) electrons. The molecule has 0 aliphatic carbocycles. The van der Waals surface area contributed by atoms with Crippen LogP contribution in [0.3, 0.4) is 0 Å². The van der Waals surface area contributed by atoms with E-state index < -0.39 is 0 Å². The number of rotatable bonds is 4. The van der Waals surface area contributed by atoms with Crippen molar-refractivity contribution >= 4 is 11.6 Å². The Morgan fingerprint density at radius 2 is 1.91 bits per heavy atom. The highest BCUT2D eigenvalue weighted by Crippen LogP contribution is 2.18. The first kappa shape index (κ1) is 14.8. The number of aryl methyl sites for hydroxylation is 1. The van der Waals surface area contributed by atoms with Crippen molar-refractivity contribution in [3.8, 4) is 11.4 Å². The molecular weight excluding hydrogens is 290 g/mol. The van der Waals surface area contributed by atoms with E-state index in [1.807, 2.05) is 35.9 Å². The number of nitrogens with zero attached hydrogens (tertiary/aromatic N) is 2. The molecule has 23 heavy (non-hydrogen) atoms. The fourth-order valence-electron chi connectivity index (χ4n) is 2.38. The van der Waals surface area contributed by atoms with Gasteiger partial charge in [0.05, 0.1) is 18.5 Å². The summed E-state index contributed by atoms with van der Waals surface area (Å²) in [6.45, 7) is 1.92. The van der Waals surface area contributed by atoms with Crippen LogP contribution >= 0.6 is 0 Å². The van der Waals surface area contributed by atoms with Crippen LogP contribution in [-0.4, -0.2) is 22.6 Å². The fraction of sp³-hybridized carbons (Fsp3) is 0.111. The molecule has 1 amide bonds. The van der Waals surface area contributed by atoms with Crippen LogP contribution in [-0.2, 0) is 0 Å². The fourth-order valence-corrected chi connectivity index (χ4v) is 2.38. The maximum absolute atomic E-state index is 12.6. The standard InChI is InChI=1S/C18H17N3O2/c1-13-16(5-3-11-19-13)21-12-4-6-17(21)18(22)20-14-7-9-15(23-2)10-8-14/h3-12H,1-2H3,(H,20,22). The van der Waals surface area contributed by atoms with E-state index in [1.54, 1.807) is 43.6 Å². The SMILES string of the molecule is COc1ccc(NC(=O)c2cccn2-c2cccnc2C)cc1. The minimum Gasteiger partial charge on any atom is -0.497 e. The van der Waals surface area contributed by atoms with E-state index in [4.69, 9.17) is 4.74 Å². The number of benzene rings is 1. The van der Waals surface area contributed by atoms with Crippen molar-refractivity contribution in [2.24, 2.45) is 0 Å². The van der Waals surface area contributed by atoms with Crippen molar-refractivity contribution in [3.05, 3.63) is 72.3 Å². The van der Waals surface area contributed by atoms with Gasteiger partial charge in [-0.1, -0.05) is 0 Å². The minimum atomic E-state index is -0.177. The first-order valence-corrected chi connectivity index (χ1v) is 7.24. The summed E-state index contributed by atoms with van der Waals surface area (Å²) in [5.74, 6) is 0.570. The zero-order valence-corrected chi connectivity index (χ0v) is 13.0. The minimum absolute atomic E-state index is 0.177. The molecule has 1 N–H and O–H groups in total. The summed E-state index contributed by atoms with van der Waals surface area (Å²) in [5, 5.41) is 2.89. The Morgan fingerprint density at radius 1 is 1.13 bits per heavy atom. The van der Waals surface area contributed by atoms with Gasteiger partial charge >= 0.3 is 0 Å². The van der Waals surface area contributed by atoms with Crippen LogP contribution in [0.15, 0.2) is 60.9 Å². The van der Waals surface area contributed by atoms with Crippen LogP contribution in [0, 0.1) is 6.92 Å². The predicted molar refractivity (Wildman–Crippen MR) is 89.2 cm³/mol. The van der Waals surface area contributed by atoms with Crippen LogP contribution in [0.5, 0.6) is 5.75 Å². The number of carbonyl (C=O) groups excluding carboxylic acids is 1. The van der Waals surface area contributed by atoms with E-state index in [0.29, 0.717) is 11.4 Å². The summed E-state index contributed by atoms with van der Waals surface area (Å²) in [4.78, 5) is 16.8. The van der Waals surface area contributed by atoms with Gasteiger partial charge in [-0.3, -0.25) is 9.78 Å². The lowest BCUT2D eigenvalue weighted by Gasteiger charge is -2.11. The zero-order chi connectivity index (χ0) is 16.2. The second-order valence-corrected chi connectivity index (χ2v) is 5.05. The van der Waals surface area contributed by atoms with E-state index in [2.05, 4.69) is 10.3 Å².